The lowest BCUT2D eigenvalue weighted by molar-refractivity contribution is 0.220. The molecule has 9 heteroatoms. The molecule has 7 rings (SSSR count). The molecule has 8 nitrogen and oxygen atoms in total. The molecule has 1 saturated heterocycles. The van der Waals surface area contributed by atoms with Crippen molar-refractivity contribution < 1.29 is 0 Å². The number of H-pyrrole nitrogens is 2. The summed E-state index contributed by atoms with van der Waals surface area (Å²) in [5.41, 5.74) is 8.05. The zero-order valence-corrected chi connectivity index (χ0v) is 20.4. The van der Waals surface area contributed by atoms with Gasteiger partial charge in [0.1, 0.15) is 16.7 Å². The number of aromatic amines is 2. The smallest absolute Gasteiger partial charge is 0.161 e. The van der Waals surface area contributed by atoms with Gasteiger partial charge in [0.2, 0.25) is 0 Å². The molecule has 1 aliphatic heterocycles. The van der Waals surface area contributed by atoms with Crippen LogP contribution >= 0.6 is 11.3 Å². The van der Waals surface area contributed by atoms with Gasteiger partial charge in [0, 0.05) is 30.7 Å². The Labute approximate surface area is 211 Å². The van der Waals surface area contributed by atoms with Crippen LogP contribution in [-0.2, 0) is 6.54 Å². The third-order valence-corrected chi connectivity index (χ3v) is 7.61. The van der Waals surface area contributed by atoms with Crippen molar-refractivity contribution in [2.24, 2.45) is 0 Å². The number of pyridine rings is 3. The van der Waals surface area contributed by atoms with Crippen molar-refractivity contribution in [2.45, 2.75) is 25.8 Å². The predicted octanol–water partition coefficient (Wildman–Crippen LogP) is 5.67. The topological polar surface area (TPSA) is 99.3 Å². The molecule has 0 atom stereocenters. The van der Waals surface area contributed by atoms with E-state index in [0.29, 0.717) is 11.5 Å². The number of fused-ring (bicyclic) bond motifs is 2. The Morgan fingerprint density at radius 1 is 0.917 bits per heavy atom. The van der Waals surface area contributed by atoms with Gasteiger partial charge in [-0.25, -0.2) is 9.97 Å². The number of nitrogens with zero attached hydrogens (tertiary/aromatic N) is 6. The summed E-state index contributed by atoms with van der Waals surface area (Å²) in [5, 5.41) is 9.72. The van der Waals surface area contributed by atoms with Crippen molar-refractivity contribution in [3.05, 3.63) is 65.9 Å². The van der Waals surface area contributed by atoms with E-state index >= 15 is 0 Å². The van der Waals surface area contributed by atoms with Crippen molar-refractivity contribution in [1.82, 2.24) is 40.0 Å². The van der Waals surface area contributed by atoms with Crippen LogP contribution < -0.4 is 0 Å². The lowest BCUT2D eigenvalue weighted by Gasteiger charge is -2.26. The Kier molecular flexibility index (Phi) is 5.29. The molecular weight excluding hydrogens is 468 g/mol. The van der Waals surface area contributed by atoms with E-state index in [9.17, 15) is 0 Å². The Balaban J connectivity index is 1.26. The van der Waals surface area contributed by atoms with Crippen LogP contribution in [0.2, 0.25) is 0 Å². The second-order valence-electron chi connectivity index (χ2n) is 9.20. The number of rotatable bonds is 5. The van der Waals surface area contributed by atoms with Gasteiger partial charge in [0.25, 0.3) is 0 Å². The summed E-state index contributed by atoms with van der Waals surface area (Å²) in [7, 11) is 0. The second kappa shape index (κ2) is 8.92. The van der Waals surface area contributed by atoms with E-state index in [1.807, 2.05) is 48.2 Å². The number of hydrogen-bond acceptors (Lipinski definition) is 7. The van der Waals surface area contributed by atoms with Crippen LogP contribution in [0.25, 0.3) is 55.4 Å². The van der Waals surface area contributed by atoms with Gasteiger partial charge in [-0.2, -0.15) is 5.10 Å². The summed E-state index contributed by atoms with van der Waals surface area (Å²) in [6.45, 7) is 3.25. The average molecular weight is 493 g/mol. The largest absolute Gasteiger partial charge is 0.336 e. The highest BCUT2D eigenvalue weighted by Gasteiger charge is 2.18. The molecule has 36 heavy (non-hydrogen) atoms. The molecule has 2 N–H and O–H groups in total. The molecule has 0 bridgehead atoms. The summed E-state index contributed by atoms with van der Waals surface area (Å²) in [6.07, 6.45) is 9.55. The summed E-state index contributed by atoms with van der Waals surface area (Å²) in [4.78, 5) is 26.0. The minimum Gasteiger partial charge on any atom is -0.336 e. The maximum Gasteiger partial charge on any atom is 0.161 e. The SMILES string of the molecule is c1csc(-c2nccc3[nH]c(-c4n[nH]c5ccc(-c6cncc(CN7CCCCC7)c6)nc45)nc23)c1. The molecule has 7 heterocycles. The number of imidazole rings is 1. The lowest BCUT2D eigenvalue weighted by Crippen LogP contribution is -2.29. The van der Waals surface area contributed by atoms with E-state index in [1.165, 1.54) is 24.8 Å². The fourth-order valence-electron chi connectivity index (χ4n) is 4.96. The predicted molar refractivity (Wildman–Crippen MR) is 142 cm³/mol. The molecule has 1 aliphatic rings. The van der Waals surface area contributed by atoms with Crippen LogP contribution in [0.3, 0.4) is 0 Å². The first-order valence-electron chi connectivity index (χ1n) is 12.2. The van der Waals surface area contributed by atoms with Gasteiger partial charge in [-0.05, 0) is 67.2 Å². The molecule has 0 unspecified atom stereocenters. The van der Waals surface area contributed by atoms with E-state index in [0.717, 1.165) is 63.5 Å². The first-order valence-corrected chi connectivity index (χ1v) is 13.1. The van der Waals surface area contributed by atoms with Crippen molar-refractivity contribution in [3.63, 3.8) is 0 Å². The van der Waals surface area contributed by atoms with Gasteiger partial charge in [0.15, 0.2) is 11.5 Å². The fraction of sp³-hybridized carbons (Fsp3) is 0.222. The molecule has 178 valence electrons. The van der Waals surface area contributed by atoms with E-state index in [1.54, 1.807) is 11.3 Å². The maximum absolute atomic E-state index is 4.99. The monoisotopic (exact) mass is 492 g/mol. The summed E-state index contributed by atoms with van der Waals surface area (Å²) >= 11 is 1.65. The summed E-state index contributed by atoms with van der Waals surface area (Å²) in [5.74, 6) is 0.670. The molecule has 0 radical (unpaired) electrons. The first kappa shape index (κ1) is 21.3. The fourth-order valence-corrected chi connectivity index (χ4v) is 5.68. The van der Waals surface area contributed by atoms with Gasteiger partial charge >= 0.3 is 0 Å². The highest BCUT2D eigenvalue weighted by atomic mass is 32.1. The minimum absolute atomic E-state index is 0.670. The van der Waals surface area contributed by atoms with Crippen molar-refractivity contribution >= 4 is 33.4 Å². The minimum atomic E-state index is 0.670. The number of likely N-dealkylation sites (tertiary alicyclic amines) is 1. The molecule has 0 saturated carbocycles. The molecule has 6 aromatic rings. The number of thiophene rings is 1. The number of nitrogens with one attached hydrogen (secondary N) is 2. The number of hydrogen-bond donors (Lipinski definition) is 2. The Hall–Kier alpha value is -3.95. The number of aromatic nitrogens is 7. The Bertz CT molecular complexity index is 1660. The summed E-state index contributed by atoms with van der Waals surface area (Å²) in [6, 6.07) is 12.3. The summed E-state index contributed by atoms with van der Waals surface area (Å²) < 4.78 is 0. The molecular formula is C27H24N8S. The van der Waals surface area contributed by atoms with Crippen LogP contribution in [0, 0.1) is 0 Å². The third-order valence-electron chi connectivity index (χ3n) is 6.73. The van der Waals surface area contributed by atoms with E-state index in [4.69, 9.17) is 9.97 Å². The maximum atomic E-state index is 4.99. The van der Waals surface area contributed by atoms with Crippen molar-refractivity contribution in [2.75, 3.05) is 13.1 Å². The van der Waals surface area contributed by atoms with Crippen LogP contribution in [0.1, 0.15) is 24.8 Å². The third kappa shape index (κ3) is 3.86. The zero-order valence-electron chi connectivity index (χ0n) is 19.6. The van der Waals surface area contributed by atoms with Crippen molar-refractivity contribution in [1.29, 1.82) is 0 Å². The van der Waals surface area contributed by atoms with E-state index in [2.05, 4.69) is 42.2 Å². The molecule has 6 aromatic heterocycles. The normalized spacial score (nSPS) is 14.7. The van der Waals surface area contributed by atoms with Gasteiger partial charge in [-0.15, -0.1) is 11.3 Å². The molecule has 0 amide bonds. The first-order chi connectivity index (χ1) is 17.8. The Morgan fingerprint density at radius 2 is 1.83 bits per heavy atom. The number of piperidine rings is 1. The molecule has 0 spiro atoms. The molecule has 1 fully saturated rings. The van der Waals surface area contributed by atoms with Gasteiger partial charge in [-0.3, -0.25) is 20.0 Å². The standard InChI is InChI=1S/C27H24N8S/c1-2-10-35(11-3-1)16-17-13-18(15-28-14-17)19-6-7-21-24(30-19)26(34-33-21)27-31-20-8-9-29-25(23(20)32-27)22-5-4-12-36-22/h4-9,12-15H,1-3,10-11,16H2,(H,31,32)(H,33,34). The van der Waals surface area contributed by atoms with Crippen LogP contribution in [0.15, 0.2) is 60.4 Å². The van der Waals surface area contributed by atoms with Crippen LogP contribution in [0.5, 0.6) is 0 Å². The molecule has 0 aromatic carbocycles. The molecule has 0 aliphatic carbocycles. The van der Waals surface area contributed by atoms with Crippen LogP contribution in [0.4, 0.5) is 0 Å². The van der Waals surface area contributed by atoms with E-state index < -0.39 is 0 Å². The van der Waals surface area contributed by atoms with Crippen molar-refractivity contribution in [3.8, 4) is 33.3 Å². The van der Waals surface area contributed by atoms with Gasteiger partial charge in [-0.1, -0.05) is 12.5 Å². The van der Waals surface area contributed by atoms with Gasteiger partial charge in [0.05, 0.1) is 21.6 Å². The zero-order chi connectivity index (χ0) is 23.9. The highest BCUT2D eigenvalue weighted by molar-refractivity contribution is 7.13. The quantitative estimate of drug-likeness (QED) is 0.322. The van der Waals surface area contributed by atoms with E-state index in [-0.39, 0.29) is 0 Å². The van der Waals surface area contributed by atoms with Crippen LogP contribution in [-0.4, -0.2) is 53.1 Å². The average Bonchev–Trinajstić information content (AvgIpc) is 3.68. The highest BCUT2D eigenvalue weighted by Crippen LogP contribution is 2.32. The lowest BCUT2D eigenvalue weighted by atomic mass is 10.1. The second-order valence-corrected chi connectivity index (χ2v) is 10.1. The Morgan fingerprint density at radius 3 is 2.72 bits per heavy atom. The van der Waals surface area contributed by atoms with Gasteiger partial charge < -0.3 is 4.98 Å².